The largest absolute Gasteiger partial charge is 0.497 e. The van der Waals surface area contributed by atoms with Gasteiger partial charge in [0.2, 0.25) is 0 Å². The molecule has 0 bridgehead atoms. The Morgan fingerprint density at radius 2 is 1.68 bits per heavy atom. The van der Waals surface area contributed by atoms with Gasteiger partial charge in [0.1, 0.15) is 29.7 Å². The number of esters is 1. The van der Waals surface area contributed by atoms with Gasteiger partial charge < -0.3 is 23.9 Å². The lowest BCUT2D eigenvalue weighted by atomic mass is 10.1. The van der Waals surface area contributed by atoms with Crippen molar-refractivity contribution in [1.29, 1.82) is 0 Å². The fourth-order valence-corrected chi connectivity index (χ4v) is 3.50. The number of carbonyl (C=O) groups excluding carboxylic acids is 2. The molecule has 4 aromatic rings. The van der Waals surface area contributed by atoms with Gasteiger partial charge in [-0.25, -0.2) is 14.4 Å². The van der Waals surface area contributed by atoms with Crippen LogP contribution in [0.5, 0.6) is 11.5 Å². The average molecular weight is 461 g/mol. The summed E-state index contributed by atoms with van der Waals surface area (Å²) >= 11 is 0. The van der Waals surface area contributed by atoms with Crippen molar-refractivity contribution in [3.8, 4) is 11.5 Å². The first-order chi connectivity index (χ1) is 16.5. The quantitative estimate of drug-likeness (QED) is 0.186. The molecule has 0 aliphatic heterocycles. The van der Waals surface area contributed by atoms with E-state index >= 15 is 0 Å². The normalized spacial score (nSPS) is 11.7. The van der Waals surface area contributed by atoms with E-state index in [-0.39, 0.29) is 17.9 Å². The minimum Gasteiger partial charge on any atom is -0.497 e. The molecule has 0 aliphatic rings. The topological polar surface area (TPSA) is 104 Å². The molecule has 1 atom stereocenters. The fourth-order valence-electron chi connectivity index (χ4n) is 3.50. The zero-order valence-electron chi connectivity index (χ0n) is 18.7. The fraction of sp³-hybridized carbons (Fsp3) is 0.192. The molecule has 8 heteroatoms. The van der Waals surface area contributed by atoms with Gasteiger partial charge in [0.05, 0.1) is 12.5 Å². The number of fused-ring (bicyclic) bond motifs is 3. The van der Waals surface area contributed by atoms with Crippen LogP contribution in [0.3, 0.4) is 0 Å². The molecule has 0 saturated carbocycles. The van der Waals surface area contributed by atoms with Gasteiger partial charge in [-0.05, 0) is 42.3 Å². The molecule has 174 valence electrons. The highest BCUT2D eigenvalue weighted by Gasteiger charge is 2.22. The maximum atomic E-state index is 12.6. The minimum atomic E-state index is -0.907. The number of amides is 1. The molecule has 0 aliphatic carbocycles. The van der Waals surface area contributed by atoms with Gasteiger partial charge in [-0.15, -0.1) is 0 Å². The molecule has 4 rings (SSSR count). The number of methoxy groups -OCH3 is 1. The predicted octanol–water partition coefficient (Wildman–Crippen LogP) is 4.57. The van der Waals surface area contributed by atoms with Crippen LogP contribution in [0.25, 0.3) is 21.7 Å². The van der Waals surface area contributed by atoms with Gasteiger partial charge in [0.25, 0.3) is 0 Å². The van der Waals surface area contributed by atoms with E-state index in [0.29, 0.717) is 28.3 Å². The van der Waals surface area contributed by atoms with Crippen molar-refractivity contribution in [3.63, 3.8) is 0 Å². The van der Waals surface area contributed by atoms with Gasteiger partial charge >= 0.3 is 17.7 Å². The molecule has 1 N–H and O–H groups in total. The van der Waals surface area contributed by atoms with E-state index in [2.05, 4.69) is 5.32 Å². The number of benzene rings is 3. The Morgan fingerprint density at radius 1 is 0.941 bits per heavy atom. The lowest BCUT2D eigenvalue weighted by Gasteiger charge is -2.16. The van der Waals surface area contributed by atoms with Gasteiger partial charge in [-0.3, -0.25) is 0 Å². The highest BCUT2D eigenvalue weighted by Crippen LogP contribution is 2.28. The molecule has 0 fully saturated rings. The SMILES string of the molecule is CC[C@H](NC(=O)OCc1ccccc1)C(=O)Oc1ccc2c(c1)oc(=O)c1cc(OC)ccc12. The van der Waals surface area contributed by atoms with Crippen molar-refractivity contribution in [2.45, 2.75) is 26.0 Å². The molecule has 8 nitrogen and oxygen atoms in total. The lowest BCUT2D eigenvalue weighted by Crippen LogP contribution is -2.42. The van der Waals surface area contributed by atoms with Crippen LogP contribution in [0.2, 0.25) is 0 Å². The minimum absolute atomic E-state index is 0.0850. The second kappa shape index (κ2) is 10.1. The highest BCUT2D eigenvalue weighted by atomic mass is 16.6. The van der Waals surface area contributed by atoms with Crippen molar-refractivity contribution in [2.75, 3.05) is 7.11 Å². The second-order valence-electron chi connectivity index (χ2n) is 7.55. The van der Waals surface area contributed by atoms with Crippen LogP contribution in [-0.4, -0.2) is 25.2 Å². The Morgan fingerprint density at radius 3 is 2.41 bits per heavy atom. The smallest absolute Gasteiger partial charge is 0.408 e. The van der Waals surface area contributed by atoms with Gasteiger partial charge in [-0.2, -0.15) is 0 Å². The molecular weight excluding hydrogens is 438 g/mol. The van der Waals surface area contributed by atoms with E-state index in [1.165, 1.54) is 13.2 Å². The third kappa shape index (κ3) is 5.01. The van der Waals surface area contributed by atoms with Crippen LogP contribution < -0.4 is 20.4 Å². The maximum absolute atomic E-state index is 12.6. The summed E-state index contributed by atoms with van der Waals surface area (Å²) in [7, 11) is 1.52. The van der Waals surface area contributed by atoms with Crippen LogP contribution in [0.15, 0.2) is 75.9 Å². The van der Waals surface area contributed by atoms with Crippen LogP contribution in [0.4, 0.5) is 4.79 Å². The third-order valence-corrected chi connectivity index (χ3v) is 5.31. The highest BCUT2D eigenvalue weighted by molar-refractivity contribution is 6.05. The van der Waals surface area contributed by atoms with Crippen LogP contribution in [0.1, 0.15) is 18.9 Å². The number of nitrogens with one attached hydrogen (secondary N) is 1. The Bertz CT molecular complexity index is 1400. The molecule has 3 aromatic carbocycles. The second-order valence-corrected chi connectivity index (χ2v) is 7.55. The number of carbonyl (C=O) groups is 2. The van der Waals surface area contributed by atoms with Crippen molar-refractivity contribution in [1.82, 2.24) is 5.32 Å². The third-order valence-electron chi connectivity index (χ3n) is 5.31. The summed E-state index contributed by atoms with van der Waals surface area (Å²) in [5, 5.41) is 4.29. The van der Waals surface area contributed by atoms with Gasteiger partial charge in [0, 0.05) is 16.8 Å². The molecule has 34 heavy (non-hydrogen) atoms. The lowest BCUT2D eigenvalue weighted by molar-refractivity contribution is -0.136. The standard InChI is InChI=1S/C26H23NO7/c1-3-22(27-26(30)32-15-16-7-5-4-6-8-16)25(29)33-18-10-12-20-19-11-9-17(31-2)13-21(19)24(28)34-23(20)14-18/h4-14,22H,3,15H2,1-2H3,(H,27,30)/t22-/m0/s1. The zero-order valence-corrected chi connectivity index (χ0v) is 18.7. The number of hydrogen-bond donors (Lipinski definition) is 1. The van der Waals surface area contributed by atoms with Crippen molar-refractivity contribution in [3.05, 3.63) is 82.7 Å². The predicted molar refractivity (Wildman–Crippen MR) is 126 cm³/mol. The Kier molecular flexibility index (Phi) is 6.77. The molecule has 1 aromatic heterocycles. The first kappa shape index (κ1) is 22.8. The summed E-state index contributed by atoms with van der Waals surface area (Å²) in [6.45, 7) is 1.82. The van der Waals surface area contributed by atoms with Crippen LogP contribution in [-0.2, 0) is 16.1 Å². The number of hydrogen-bond acceptors (Lipinski definition) is 7. The molecule has 0 radical (unpaired) electrons. The molecule has 0 saturated heterocycles. The van der Waals surface area contributed by atoms with E-state index in [1.807, 2.05) is 30.3 Å². The van der Waals surface area contributed by atoms with Gasteiger partial charge in [-0.1, -0.05) is 37.3 Å². The van der Waals surface area contributed by atoms with E-state index in [9.17, 15) is 14.4 Å². The summed E-state index contributed by atoms with van der Waals surface area (Å²) in [6.07, 6.45) is -0.423. The van der Waals surface area contributed by atoms with Crippen LogP contribution in [0, 0.1) is 0 Å². The van der Waals surface area contributed by atoms with E-state index in [1.54, 1.807) is 37.3 Å². The first-order valence-electron chi connectivity index (χ1n) is 10.7. The molecule has 1 heterocycles. The summed E-state index contributed by atoms with van der Waals surface area (Å²) < 4.78 is 21.2. The number of rotatable bonds is 7. The molecule has 1 amide bonds. The summed E-state index contributed by atoms with van der Waals surface area (Å²) in [6, 6.07) is 18.2. The van der Waals surface area contributed by atoms with Gasteiger partial charge in [0.15, 0.2) is 0 Å². The maximum Gasteiger partial charge on any atom is 0.408 e. The first-order valence-corrected chi connectivity index (χ1v) is 10.7. The Balaban J connectivity index is 1.47. The van der Waals surface area contributed by atoms with E-state index < -0.39 is 23.7 Å². The molecular formula is C26H23NO7. The van der Waals surface area contributed by atoms with Crippen molar-refractivity contribution in [2.24, 2.45) is 0 Å². The summed E-state index contributed by atoms with van der Waals surface area (Å²) in [4.78, 5) is 37.2. The van der Waals surface area contributed by atoms with Crippen LogP contribution >= 0.6 is 0 Å². The zero-order chi connectivity index (χ0) is 24.1. The van der Waals surface area contributed by atoms with Crippen molar-refractivity contribution < 1.29 is 28.2 Å². The molecule has 0 spiro atoms. The monoisotopic (exact) mass is 461 g/mol. The number of ether oxygens (including phenoxy) is 3. The number of alkyl carbamates (subject to hydrolysis) is 1. The molecule has 0 unspecified atom stereocenters. The summed E-state index contributed by atoms with van der Waals surface area (Å²) in [5.74, 6) is 0.0721. The van der Waals surface area contributed by atoms with E-state index in [0.717, 1.165) is 5.56 Å². The average Bonchev–Trinajstić information content (AvgIpc) is 2.86. The summed E-state index contributed by atoms with van der Waals surface area (Å²) in [5.41, 5.74) is 0.576. The van der Waals surface area contributed by atoms with Crippen molar-refractivity contribution >= 4 is 33.8 Å². The Labute approximate surface area is 195 Å². The Hall–Kier alpha value is -4.33. The van der Waals surface area contributed by atoms with E-state index in [4.69, 9.17) is 18.6 Å².